The number of fused-ring (bicyclic) bond motifs is 1. The van der Waals surface area contributed by atoms with Crippen molar-refractivity contribution in [2.45, 2.75) is 45.6 Å². The Bertz CT molecular complexity index is 1010. The van der Waals surface area contributed by atoms with Gasteiger partial charge in [-0.3, -0.25) is 4.79 Å². The van der Waals surface area contributed by atoms with Crippen molar-refractivity contribution in [2.24, 2.45) is 5.92 Å². The van der Waals surface area contributed by atoms with E-state index in [0.29, 0.717) is 5.69 Å². The van der Waals surface area contributed by atoms with Crippen LogP contribution in [0.5, 0.6) is 0 Å². The molecular weight excluding hydrogens is 430 g/mol. The normalized spacial score (nSPS) is 19.2. The van der Waals surface area contributed by atoms with Crippen LogP contribution in [0.3, 0.4) is 0 Å². The summed E-state index contributed by atoms with van der Waals surface area (Å²) in [7, 11) is 0. The lowest BCUT2D eigenvalue weighted by Gasteiger charge is -2.28. The molecule has 4 nitrogen and oxygen atoms in total. The standard InChI is InChI=1S/C24H24BrNO3/c1-16(11-12-17-9-7-6-8-10-17)24(5)19-15-18(25)13-14-20(19)26(21(24)27)22(28)29-23(2,3)4/h6-10,13-16H,1-5H3/t16-,24+/m0/s1. The molecule has 3 rings (SSSR count). The molecule has 0 saturated heterocycles. The number of anilines is 1. The van der Waals surface area contributed by atoms with Crippen molar-refractivity contribution in [1.82, 2.24) is 0 Å². The molecule has 150 valence electrons. The molecule has 1 heterocycles. The first-order chi connectivity index (χ1) is 13.5. The molecule has 0 bridgehead atoms. The van der Waals surface area contributed by atoms with Gasteiger partial charge in [0.25, 0.3) is 0 Å². The maximum Gasteiger partial charge on any atom is 0.421 e. The van der Waals surface area contributed by atoms with Gasteiger partial charge in [-0.2, -0.15) is 0 Å². The van der Waals surface area contributed by atoms with Crippen molar-refractivity contribution < 1.29 is 14.3 Å². The van der Waals surface area contributed by atoms with Crippen molar-refractivity contribution in [3.63, 3.8) is 0 Å². The van der Waals surface area contributed by atoms with E-state index in [4.69, 9.17) is 4.74 Å². The summed E-state index contributed by atoms with van der Waals surface area (Å²) >= 11 is 3.49. The molecule has 5 heteroatoms. The third-order valence-electron chi connectivity index (χ3n) is 5.06. The summed E-state index contributed by atoms with van der Waals surface area (Å²) in [5.41, 5.74) is 0.510. The molecule has 0 radical (unpaired) electrons. The summed E-state index contributed by atoms with van der Waals surface area (Å²) < 4.78 is 6.34. The summed E-state index contributed by atoms with van der Waals surface area (Å²) in [6, 6.07) is 15.1. The highest BCUT2D eigenvalue weighted by Gasteiger charge is 2.53. The largest absolute Gasteiger partial charge is 0.443 e. The van der Waals surface area contributed by atoms with E-state index in [1.807, 2.05) is 56.3 Å². The van der Waals surface area contributed by atoms with Gasteiger partial charge < -0.3 is 4.74 Å². The molecule has 2 aromatic carbocycles. The monoisotopic (exact) mass is 453 g/mol. The zero-order valence-electron chi connectivity index (χ0n) is 17.2. The predicted molar refractivity (Wildman–Crippen MR) is 118 cm³/mol. The Morgan fingerprint density at radius 1 is 1.17 bits per heavy atom. The first-order valence-corrected chi connectivity index (χ1v) is 10.3. The van der Waals surface area contributed by atoms with Crippen LogP contribution >= 0.6 is 15.9 Å². The van der Waals surface area contributed by atoms with Gasteiger partial charge in [0.1, 0.15) is 5.60 Å². The number of rotatable bonds is 1. The lowest BCUT2D eigenvalue weighted by atomic mass is 9.73. The van der Waals surface area contributed by atoms with Crippen LogP contribution in [-0.2, 0) is 14.9 Å². The summed E-state index contributed by atoms with van der Waals surface area (Å²) in [4.78, 5) is 27.5. The van der Waals surface area contributed by atoms with Gasteiger partial charge >= 0.3 is 6.09 Å². The summed E-state index contributed by atoms with van der Waals surface area (Å²) in [6.07, 6.45) is -0.669. The van der Waals surface area contributed by atoms with Crippen molar-refractivity contribution in [3.05, 3.63) is 64.1 Å². The van der Waals surface area contributed by atoms with Crippen LogP contribution in [0.15, 0.2) is 53.0 Å². The number of nitrogens with zero attached hydrogens (tertiary/aromatic N) is 1. The third kappa shape index (κ3) is 4.09. The minimum Gasteiger partial charge on any atom is -0.443 e. The average molecular weight is 454 g/mol. The first kappa shape index (κ1) is 21.1. The molecule has 0 aromatic heterocycles. The molecule has 2 aromatic rings. The zero-order valence-corrected chi connectivity index (χ0v) is 18.8. The van der Waals surface area contributed by atoms with Crippen LogP contribution < -0.4 is 4.90 Å². The van der Waals surface area contributed by atoms with Gasteiger partial charge in [0.05, 0.1) is 11.1 Å². The SMILES string of the molecule is C[C@@H](C#Cc1ccccc1)[C@@]1(C)C(=O)N(C(=O)OC(C)(C)C)c2ccc(Br)cc21. The Balaban J connectivity index is 2.05. The van der Waals surface area contributed by atoms with Crippen LogP contribution in [0.25, 0.3) is 0 Å². The van der Waals surface area contributed by atoms with Crippen molar-refractivity contribution in [2.75, 3.05) is 4.90 Å². The Morgan fingerprint density at radius 2 is 1.83 bits per heavy atom. The minimum absolute atomic E-state index is 0.323. The van der Waals surface area contributed by atoms with E-state index < -0.39 is 17.1 Å². The first-order valence-electron chi connectivity index (χ1n) is 9.48. The maximum absolute atomic E-state index is 13.5. The number of benzene rings is 2. The molecule has 0 fully saturated rings. The van der Waals surface area contributed by atoms with Crippen LogP contribution in [0.4, 0.5) is 10.5 Å². The molecular formula is C24H24BrNO3. The Kier molecular flexibility index (Phi) is 5.60. The van der Waals surface area contributed by atoms with E-state index in [1.54, 1.807) is 26.8 Å². The molecule has 2 atom stereocenters. The molecule has 0 spiro atoms. The third-order valence-corrected chi connectivity index (χ3v) is 5.55. The van der Waals surface area contributed by atoms with Gasteiger partial charge in [0, 0.05) is 16.0 Å². The van der Waals surface area contributed by atoms with Crippen LogP contribution in [0.2, 0.25) is 0 Å². The Morgan fingerprint density at radius 3 is 2.45 bits per heavy atom. The fraction of sp³-hybridized carbons (Fsp3) is 0.333. The lowest BCUT2D eigenvalue weighted by molar-refractivity contribution is -0.123. The molecule has 29 heavy (non-hydrogen) atoms. The Labute approximate surface area is 180 Å². The lowest BCUT2D eigenvalue weighted by Crippen LogP contribution is -2.46. The second-order valence-corrected chi connectivity index (χ2v) is 9.26. The van der Waals surface area contributed by atoms with E-state index in [2.05, 4.69) is 27.8 Å². The Hall–Kier alpha value is -2.58. The van der Waals surface area contributed by atoms with E-state index in [1.165, 1.54) is 0 Å². The minimum atomic E-state index is -0.974. The fourth-order valence-corrected chi connectivity index (χ4v) is 3.70. The van der Waals surface area contributed by atoms with Crippen molar-refractivity contribution in [1.29, 1.82) is 0 Å². The molecule has 1 aliphatic rings. The molecule has 0 aliphatic carbocycles. The highest BCUT2D eigenvalue weighted by molar-refractivity contribution is 9.10. The van der Waals surface area contributed by atoms with Gasteiger partial charge in [-0.1, -0.05) is 52.9 Å². The number of amides is 2. The van der Waals surface area contributed by atoms with E-state index in [-0.39, 0.29) is 11.8 Å². The number of hydrogen-bond donors (Lipinski definition) is 0. The van der Waals surface area contributed by atoms with Crippen LogP contribution in [0.1, 0.15) is 45.7 Å². The molecule has 1 aliphatic heterocycles. The number of hydrogen-bond acceptors (Lipinski definition) is 3. The topological polar surface area (TPSA) is 46.6 Å². The molecule has 0 N–H and O–H groups in total. The second kappa shape index (κ2) is 7.68. The quantitative estimate of drug-likeness (QED) is 0.522. The number of carbonyl (C=O) groups is 2. The highest BCUT2D eigenvalue weighted by atomic mass is 79.9. The number of imide groups is 1. The number of halogens is 1. The molecule has 0 saturated carbocycles. The van der Waals surface area contributed by atoms with Gasteiger partial charge in [0.15, 0.2) is 0 Å². The van der Waals surface area contributed by atoms with Gasteiger partial charge in [-0.15, -0.1) is 0 Å². The van der Waals surface area contributed by atoms with Gasteiger partial charge in [-0.05, 0) is 63.6 Å². The molecule has 2 amide bonds. The second-order valence-electron chi connectivity index (χ2n) is 8.34. The van der Waals surface area contributed by atoms with Gasteiger partial charge in [0.2, 0.25) is 5.91 Å². The summed E-state index contributed by atoms with van der Waals surface area (Å²) in [5, 5.41) is 0. The highest BCUT2D eigenvalue weighted by Crippen LogP contribution is 2.47. The van der Waals surface area contributed by atoms with E-state index >= 15 is 0 Å². The fourth-order valence-electron chi connectivity index (χ4n) is 3.34. The van der Waals surface area contributed by atoms with E-state index in [0.717, 1.165) is 20.5 Å². The van der Waals surface area contributed by atoms with Crippen LogP contribution in [-0.4, -0.2) is 17.6 Å². The van der Waals surface area contributed by atoms with Gasteiger partial charge in [-0.25, -0.2) is 9.69 Å². The van der Waals surface area contributed by atoms with Crippen molar-refractivity contribution >= 4 is 33.6 Å². The zero-order chi connectivity index (χ0) is 21.4. The van der Waals surface area contributed by atoms with E-state index in [9.17, 15) is 9.59 Å². The smallest absolute Gasteiger partial charge is 0.421 e. The predicted octanol–water partition coefficient (Wildman–Crippen LogP) is 5.68. The van der Waals surface area contributed by atoms with Crippen molar-refractivity contribution in [3.8, 4) is 11.8 Å². The number of carbonyl (C=O) groups excluding carboxylic acids is 2. The summed E-state index contributed by atoms with van der Waals surface area (Å²) in [6.45, 7) is 9.09. The average Bonchev–Trinajstić information content (AvgIpc) is 2.87. The number of ether oxygens (including phenoxy) is 1. The maximum atomic E-state index is 13.5. The van der Waals surface area contributed by atoms with Crippen LogP contribution in [0, 0.1) is 17.8 Å². The summed E-state index contributed by atoms with van der Waals surface area (Å²) in [5.74, 6) is 5.71. The molecule has 0 unspecified atom stereocenters.